The van der Waals surface area contributed by atoms with Gasteiger partial charge in [-0.1, -0.05) is 6.42 Å². The largest absolute Gasteiger partial charge is 0.481 e. The molecule has 5 heteroatoms. The van der Waals surface area contributed by atoms with Gasteiger partial charge in [0.25, 0.3) is 0 Å². The van der Waals surface area contributed by atoms with Gasteiger partial charge >= 0.3 is 12.0 Å². The number of carboxylic acids is 1. The van der Waals surface area contributed by atoms with Crippen molar-refractivity contribution in [3.05, 3.63) is 0 Å². The summed E-state index contributed by atoms with van der Waals surface area (Å²) in [5.41, 5.74) is 0. The molecule has 0 aliphatic heterocycles. The van der Waals surface area contributed by atoms with Gasteiger partial charge in [-0.05, 0) is 31.1 Å². The minimum atomic E-state index is -0.889. The molecule has 0 aromatic carbocycles. The van der Waals surface area contributed by atoms with Crippen LogP contribution >= 0.6 is 0 Å². The standard InChI is InChI=1S/C11H18N2O3/c14-10(15)3-4-12-11(16)13-9-6-7-1-2-8(9)5-7/h7-9H,1-6H2,(H,14,15)(H2,12,13,16). The van der Waals surface area contributed by atoms with E-state index in [4.69, 9.17) is 5.11 Å². The second-order valence-corrected chi connectivity index (χ2v) is 4.83. The molecule has 2 saturated carbocycles. The third kappa shape index (κ3) is 2.65. The smallest absolute Gasteiger partial charge is 0.315 e. The summed E-state index contributed by atoms with van der Waals surface area (Å²) >= 11 is 0. The van der Waals surface area contributed by atoms with E-state index in [1.165, 1.54) is 19.3 Å². The molecule has 0 heterocycles. The lowest BCUT2D eigenvalue weighted by Crippen LogP contribution is -2.44. The number of carbonyl (C=O) groups excluding carboxylic acids is 1. The van der Waals surface area contributed by atoms with Gasteiger partial charge in [0.05, 0.1) is 6.42 Å². The van der Waals surface area contributed by atoms with Crippen LogP contribution in [0.4, 0.5) is 4.79 Å². The van der Waals surface area contributed by atoms with E-state index < -0.39 is 5.97 Å². The molecule has 0 saturated heterocycles. The van der Waals surface area contributed by atoms with E-state index in [-0.39, 0.29) is 19.0 Å². The Bertz CT molecular complexity index is 293. The SMILES string of the molecule is O=C(O)CCNC(=O)NC1CC2CCC1C2. The van der Waals surface area contributed by atoms with Gasteiger partial charge in [-0.15, -0.1) is 0 Å². The molecule has 3 unspecified atom stereocenters. The fourth-order valence-corrected chi connectivity index (χ4v) is 2.92. The molecular formula is C11H18N2O3. The highest BCUT2D eigenvalue weighted by molar-refractivity contribution is 5.75. The number of fused-ring (bicyclic) bond motifs is 2. The predicted octanol–water partition coefficient (Wildman–Crippen LogP) is 0.949. The zero-order valence-electron chi connectivity index (χ0n) is 9.24. The topological polar surface area (TPSA) is 78.4 Å². The van der Waals surface area contributed by atoms with Crippen molar-refractivity contribution >= 4 is 12.0 Å². The Kier molecular flexibility index (Phi) is 3.31. The summed E-state index contributed by atoms with van der Waals surface area (Å²) in [6, 6.07) is 0.0855. The number of hydrogen-bond acceptors (Lipinski definition) is 2. The van der Waals surface area contributed by atoms with E-state index in [9.17, 15) is 9.59 Å². The number of nitrogens with one attached hydrogen (secondary N) is 2. The van der Waals surface area contributed by atoms with Crippen molar-refractivity contribution in [2.75, 3.05) is 6.54 Å². The van der Waals surface area contributed by atoms with Crippen LogP contribution in [0.2, 0.25) is 0 Å². The highest BCUT2D eigenvalue weighted by Gasteiger charge is 2.39. The van der Waals surface area contributed by atoms with E-state index in [1.807, 2.05) is 0 Å². The van der Waals surface area contributed by atoms with E-state index in [2.05, 4.69) is 10.6 Å². The summed E-state index contributed by atoms with van der Waals surface area (Å²) in [7, 11) is 0. The molecule has 3 atom stereocenters. The number of urea groups is 1. The van der Waals surface area contributed by atoms with Gasteiger partial charge in [0.1, 0.15) is 0 Å². The first kappa shape index (κ1) is 11.2. The average molecular weight is 226 g/mol. The Hall–Kier alpha value is -1.26. The quantitative estimate of drug-likeness (QED) is 0.667. The fraction of sp³-hybridized carbons (Fsp3) is 0.818. The van der Waals surface area contributed by atoms with Crippen molar-refractivity contribution in [2.24, 2.45) is 11.8 Å². The molecule has 90 valence electrons. The maximum Gasteiger partial charge on any atom is 0.315 e. The van der Waals surface area contributed by atoms with E-state index in [0.717, 1.165) is 12.3 Å². The highest BCUT2D eigenvalue weighted by Crippen LogP contribution is 2.44. The molecule has 3 N–H and O–H groups in total. The molecule has 16 heavy (non-hydrogen) atoms. The van der Waals surface area contributed by atoms with Gasteiger partial charge in [0, 0.05) is 12.6 Å². The second-order valence-electron chi connectivity index (χ2n) is 4.83. The van der Waals surface area contributed by atoms with Crippen molar-refractivity contribution < 1.29 is 14.7 Å². The Morgan fingerprint density at radius 2 is 2.06 bits per heavy atom. The van der Waals surface area contributed by atoms with Gasteiger partial charge in [-0.3, -0.25) is 4.79 Å². The van der Waals surface area contributed by atoms with Crippen LogP contribution in [0, 0.1) is 11.8 Å². The van der Waals surface area contributed by atoms with Gasteiger partial charge in [-0.25, -0.2) is 4.79 Å². The predicted molar refractivity (Wildman–Crippen MR) is 58.0 cm³/mol. The molecule has 2 aliphatic rings. The monoisotopic (exact) mass is 226 g/mol. The number of carbonyl (C=O) groups is 2. The van der Waals surface area contributed by atoms with Crippen LogP contribution in [0.5, 0.6) is 0 Å². The first-order valence-corrected chi connectivity index (χ1v) is 5.91. The van der Waals surface area contributed by atoms with Crippen LogP contribution in [0.1, 0.15) is 32.1 Å². The summed E-state index contributed by atoms with van der Waals surface area (Å²) in [5.74, 6) is 0.560. The first-order valence-electron chi connectivity index (χ1n) is 5.91. The minimum Gasteiger partial charge on any atom is -0.481 e. The summed E-state index contributed by atoms with van der Waals surface area (Å²) in [6.45, 7) is 0.196. The Morgan fingerprint density at radius 1 is 1.25 bits per heavy atom. The molecule has 2 amide bonds. The van der Waals surface area contributed by atoms with Crippen molar-refractivity contribution in [3.8, 4) is 0 Å². The third-order valence-electron chi connectivity index (χ3n) is 3.68. The second kappa shape index (κ2) is 4.72. The molecule has 0 aromatic heterocycles. The van der Waals surface area contributed by atoms with Gasteiger partial charge < -0.3 is 15.7 Å². The minimum absolute atomic E-state index is 0.0237. The normalized spacial score (nSPS) is 31.4. The van der Waals surface area contributed by atoms with Gasteiger partial charge in [-0.2, -0.15) is 0 Å². The zero-order valence-corrected chi connectivity index (χ0v) is 9.24. The van der Waals surface area contributed by atoms with Gasteiger partial charge in [0.2, 0.25) is 0 Å². The fourth-order valence-electron chi connectivity index (χ4n) is 2.92. The molecular weight excluding hydrogens is 208 g/mol. The van der Waals surface area contributed by atoms with Crippen LogP contribution in [-0.4, -0.2) is 29.7 Å². The molecule has 5 nitrogen and oxygen atoms in total. The molecule has 2 bridgehead atoms. The molecule has 2 rings (SSSR count). The van der Waals surface area contributed by atoms with E-state index in [0.29, 0.717) is 12.0 Å². The average Bonchev–Trinajstić information content (AvgIpc) is 2.78. The lowest BCUT2D eigenvalue weighted by atomic mass is 9.95. The lowest BCUT2D eigenvalue weighted by Gasteiger charge is -2.22. The third-order valence-corrected chi connectivity index (χ3v) is 3.68. The maximum atomic E-state index is 11.4. The maximum absolute atomic E-state index is 11.4. The van der Waals surface area contributed by atoms with Crippen LogP contribution in [0.15, 0.2) is 0 Å². The lowest BCUT2D eigenvalue weighted by molar-refractivity contribution is -0.136. The Balaban J connectivity index is 1.66. The summed E-state index contributed by atoms with van der Waals surface area (Å²) in [4.78, 5) is 21.7. The summed E-state index contributed by atoms with van der Waals surface area (Å²) in [5, 5.41) is 13.9. The van der Waals surface area contributed by atoms with Crippen LogP contribution in [-0.2, 0) is 4.79 Å². The van der Waals surface area contributed by atoms with E-state index in [1.54, 1.807) is 0 Å². The molecule has 0 aromatic rings. The summed E-state index contributed by atoms with van der Waals surface area (Å²) < 4.78 is 0. The Morgan fingerprint density at radius 3 is 2.62 bits per heavy atom. The van der Waals surface area contributed by atoms with E-state index >= 15 is 0 Å². The molecule has 0 radical (unpaired) electrons. The van der Waals surface area contributed by atoms with Crippen LogP contribution in [0.3, 0.4) is 0 Å². The number of aliphatic carboxylic acids is 1. The first-order chi connectivity index (χ1) is 7.65. The number of amides is 2. The molecule has 0 spiro atoms. The van der Waals surface area contributed by atoms with Crippen molar-refractivity contribution in [1.29, 1.82) is 0 Å². The highest BCUT2D eigenvalue weighted by atomic mass is 16.4. The number of carboxylic acid groups (broad SMARTS) is 1. The van der Waals surface area contributed by atoms with Crippen LogP contribution < -0.4 is 10.6 Å². The molecule has 2 aliphatic carbocycles. The van der Waals surface area contributed by atoms with Crippen molar-refractivity contribution in [2.45, 2.75) is 38.1 Å². The Labute approximate surface area is 94.6 Å². The number of hydrogen-bond donors (Lipinski definition) is 3. The molecule has 2 fully saturated rings. The number of rotatable bonds is 4. The summed E-state index contributed by atoms with van der Waals surface area (Å²) in [6.07, 6.45) is 4.86. The van der Waals surface area contributed by atoms with Crippen LogP contribution in [0.25, 0.3) is 0 Å². The van der Waals surface area contributed by atoms with Crippen molar-refractivity contribution in [1.82, 2.24) is 10.6 Å². The van der Waals surface area contributed by atoms with Gasteiger partial charge in [0.15, 0.2) is 0 Å². The van der Waals surface area contributed by atoms with Crippen molar-refractivity contribution in [3.63, 3.8) is 0 Å². The zero-order chi connectivity index (χ0) is 11.5.